The maximum atomic E-state index is 2.39. The summed E-state index contributed by atoms with van der Waals surface area (Å²) in [7, 11) is 0. The lowest BCUT2D eigenvalue weighted by Gasteiger charge is -2.13. The molecule has 5 aromatic carbocycles. The lowest BCUT2D eigenvalue weighted by Crippen LogP contribution is -1.88. The van der Waals surface area contributed by atoms with Crippen molar-refractivity contribution >= 4 is 43.1 Å². The van der Waals surface area contributed by atoms with Gasteiger partial charge in [-0.3, -0.25) is 0 Å². The zero-order valence-electron chi connectivity index (χ0n) is 14.0. The molecule has 0 atom stereocenters. The maximum Gasteiger partial charge on any atom is -0.00204 e. The Morgan fingerprint density at radius 3 is 2.21 bits per heavy atom. The fourth-order valence-corrected chi connectivity index (χ4v) is 4.13. The molecule has 0 nitrogen and oxygen atoms in total. The van der Waals surface area contributed by atoms with E-state index in [-0.39, 0.29) is 0 Å². The first-order valence-electron chi connectivity index (χ1n) is 8.94. The number of fused-ring (bicyclic) bond motifs is 2. The van der Waals surface area contributed by atoms with Crippen molar-refractivity contribution in [3.05, 3.63) is 72.3 Å². The summed E-state index contributed by atoms with van der Waals surface area (Å²) in [6, 6.07) is 25.1. The fraction of sp³-hybridized carbons (Fsp3) is 0.167. The summed E-state index contributed by atoms with van der Waals surface area (Å²) < 4.78 is 0. The average molecular weight is 308 g/mol. The molecule has 5 aromatic rings. The van der Waals surface area contributed by atoms with Gasteiger partial charge < -0.3 is 0 Å². The second kappa shape index (κ2) is 5.21. The summed E-state index contributed by atoms with van der Waals surface area (Å²) in [5.41, 5.74) is 1.46. The van der Waals surface area contributed by atoms with E-state index in [1.165, 1.54) is 67.9 Å². The van der Waals surface area contributed by atoms with Gasteiger partial charge in [0.25, 0.3) is 0 Å². The predicted octanol–water partition coefficient (Wildman–Crippen LogP) is 7.08. The van der Waals surface area contributed by atoms with E-state index in [9.17, 15) is 0 Å². The maximum absolute atomic E-state index is 2.39. The number of hydrogen-bond donors (Lipinski definition) is 0. The highest BCUT2D eigenvalue weighted by Crippen LogP contribution is 2.38. The Morgan fingerprint density at radius 1 is 0.625 bits per heavy atom. The molecular weight excluding hydrogens is 288 g/mol. The van der Waals surface area contributed by atoms with Gasteiger partial charge in [-0.1, -0.05) is 74.0 Å². The number of hydrogen-bond acceptors (Lipinski definition) is 0. The number of unbranched alkanes of at least 4 members (excludes halogenated alkanes) is 1. The summed E-state index contributed by atoms with van der Waals surface area (Å²) >= 11 is 0. The topological polar surface area (TPSA) is 0 Å². The molecule has 0 aliphatic heterocycles. The van der Waals surface area contributed by atoms with E-state index in [2.05, 4.69) is 73.7 Å². The number of rotatable bonds is 3. The van der Waals surface area contributed by atoms with Crippen molar-refractivity contribution in [3.8, 4) is 0 Å². The van der Waals surface area contributed by atoms with Crippen LogP contribution in [0.3, 0.4) is 0 Å². The van der Waals surface area contributed by atoms with Crippen LogP contribution in [0.4, 0.5) is 0 Å². The molecular formula is C24H20. The van der Waals surface area contributed by atoms with Crippen LogP contribution in [0.5, 0.6) is 0 Å². The lowest BCUT2D eigenvalue weighted by atomic mass is 9.90. The van der Waals surface area contributed by atoms with Crippen LogP contribution in [-0.4, -0.2) is 0 Å². The van der Waals surface area contributed by atoms with Crippen LogP contribution in [0, 0.1) is 0 Å². The van der Waals surface area contributed by atoms with Crippen molar-refractivity contribution in [3.63, 3.8) is 0 Å². The van der Waals surface area contributed by atoms with Crippen molar-refractivity contribution in [1.82, 2.24) is 0 Å². The SMILES string of the molecule is CCCCc1ccc2c(c1)cc1ccc3cccc4ccc2c1c34. The van der Waals surface area contributed by atoms with E-state index in [4.69, 9.17) is 0 Å². The highest BCUT2D eigenvalue weighted by atomic mass is 14.1. The third kappa shape index (κ3) is 1.93. The predicted molar refractivity (Wildman–Crippen MR) is 106 cm³/mol. The first-order valence-corrected chi connectivity index (χ1v) is 8.94. The molecule has 5 rings (SSSR count). The summed E-state index contributed by atoms with van der Waals surface area (Å²) in [5, 5.41) is 11.0. The minimum atomic E-state index is 1.18. The third-order valence-corrected chi connectivity index (χ3v) is 5.35. The molecule has 0 aliphatic rings. The Labute approximate surface area is 142 Å². The van der Waals surface area contributed by atoms with Gasteiger partial charge >= 0.3 is 0 Å². The van der Waals surface area contributed by atoms with Crippen LogP contribution in [-0.2, 0) is 6.42 Å². The zero-order chi connectivity index (χ0) is 16.1. The molecule has 0 amide bonds. The molecule has 0 heteroatoms. The normalized spacial score (nSPS) is 12.0. The molecule has 0 bridgehead atoms. The van der Waals surface area contributed by atoms with Crippen molar-refractivity contribution in [2.24, 2.45) is 0 Å². The Balaban J connectivity index is 1.90. The third-order valence-electron chi connectivity index (χ3n) is 5.35. The Bertz CT molecular complexity index is 1160. The second-order valence-corrected chi connectivity index (χ2v) is 6.89. The largest absolute Gasteiger partial charge is 0.0654 e. The molecule has 0 aliphatic carbocycles. The Kier molecular flexibility index (Phi) is 2.99. The van der Waals surface area contributed by atoms with Crippen LogP contribution in [0.15, 0.2) is 66.7 Å². The molecule has 0 spiro atoms. The van der Waals surface area contributed by atoms with Gasteiger partial charge in [0, 0.05) is 0 Å². The minimum Gasteiger partial charge on any atom is -0.0654 e. The smallest absolute Gasteiger partial charge is 0.00204 e. The van der Waals surface area contributed by atoms with Gasteiger partial charge in [0.05, 0.1) is 0 Å². The van der Waals surface area contributed by atoms with Gasteiger partial charge in [-0.2, -0.15) is 0 Å². The summed E-state index contributed by atoms with van der Waals surface area (Å²) in [6.45, 7) is 2.26. The minimum absolute atomic E-state index is 1.18. The van der Waals surface area contributed by atoms with Crippen LogP contribution < -0.4 is 0 Å². The summed E-state index contributed by atoms with van der Waals surface area (Å²) in [6.07, 6.45) is 3.69. The van der Waals surface area contributed by atoms with E-state index in [1.54, 1.807) is 0 Å². The van der Waals surface area contributed by atoms with Crippen molar-refractivity contribution in [2.75, 3.05) is 0 Å². The van der Waals surface area contributed by atoms with Crippen LogP contribution >= 0.6 is 0 Å². The van der Waals surface area contributed by atoms with Crippen LogP contribution in [0.1, 0.15) is 25.3 Å². The van der Waals surface area contributed by atoms with Gasteiger partial charge in [-0.05, 0) is 67.6 Å². The van der Waals surface area contributed by atoms with Crippen LogP contribution in [0.2, 0.25) is 0 Å². The van der Waals surface area contributed by atoms with E-state index in [0.29, 0.717) is 0 Å². The molecule has 0 aromatic heterocycles. The zero-order valence-corrected chi connectivity index (χ0v) is 14.0. The van der Waals surface area contributed by atoms with Gasteiger partial charge in [0.2, 0.25) is 0 Å². The average Bonchev–Trinajstić information content (AvgIpc) is 2.63. The van der Waals surface area contributed by atoms with Crippen molar-refractivity contribution in [1.29, 1.82) is 0 Å². The van der Waals surface area contributed by atoms with E-state index >= 15 is 0 Å². The van der Waals surface area contributed by atoms with Gasteiger partial charge in [0.15, 0.2) is 0 Å². The number of aryl methyl sites for hydroxylation is 1. The molecule has 116 valence electrons. The van der Waals surface area contributed by atoms with Crippen molar-refractivity contribution in [2.45, 2.75) is 26.2 Å². The monoisotopic (exact) mass is 308 g/mol. The quantitative estimate of drug-likeness (QED) is 0.247. The molecule has 0 N–H and O–H groups in total. The van der Waals surface area contributed by atoms with E-state index in [1.807, 2.05) is 0 Å². The molecule has 0 heterocycles. The van der Waals surface area contributed by atoms with Gasteiger partial charge in [-0.15, -0.1) is 0 Å². The molecule has 0 saturated carbocycles. The van der Waals surface area contributed by atoms with Crippen molar-refractivity contribution < 1.29 is 0 Å². The van der Waals surface area contributed by atoms with E-state index in [0.717, 1.165) is 0 Å². The standard InChI is InChI=1S/C24H20/c1-2-3-5-16-8-12-21-20(14-16)15-19-10-9-17-6-4-7-18-11-13-22(21)24(19)23(17)18/h4,6-15H,2-3,5H2,1H3. The molecule has 0 saturated heterocycles. The first kappa shape index (κ1) is 13.8. The lowest BCUT2D eigenvalue weighted by molar-refractivity contribution is 0.796. The highest BCUT2D eigenvalue weighted by Gasteiger charge is 2.10. The fourth-order valence-electron chi connectivity index (χ4n) is 4.13. The molecule has 0 radical (unpaired) electrons. The molecule has 0 unspecified atom stereocenters. The van der Waals surface area contributed by atoms with Gasteiger partial charge in [0.1, 0.15) is 0 Å². The Hall–Kier alpha value is -2.60. The van der Waals surface area contributed by atoms with Crippen LogP contribution in [0.25, 0.3) is 43.1 Å². The highest BCUT2D eigenvalue weighted by molar-refractivity contribution is 6.28. The summed E-state index contributed by atoms with van der Waals surface area (Å²) in [4.78, 5) is 0. The van der Waals surface area contributed by atoms with E-state index < -0.39 is 0 Å². The second-order valence-electron chi connectivity index (χ2n) is 6.89. The molecule has 0 fully saturated rings. The molecule has 24 heavy (non-hydrogen) atoms. The number of benzene rings is 5. The van der Waals surface area contributed by atoms with Gasteiger partial charge in [-0.25, -0.2) is 0 Å². The Morgan fingerprint density at radius 2 is 1.38 bits per heavy atom. The first-order chi connectivity index (χ1) is 11.8. The summed E-state index contributed by atoms with van der Waals surface area (Å²) in [5.74, 6) is 0.